The first kappa shape index (κ1) is 13.6. The second-order valence-electron chi connectivity index (χ2n) is 4.79. The number of thiophene rings is 1. The smallest absolute Gasteiger partial charge is 0.129 e. The molecule has 0 bridgehead atoms. The molecule has 2 nitrogen and oxygen atoms in total. The Balaban J connectivity index is 1.88. The van der Waals surface area contributed by atoms with Crippen LogP contribution in [0.15, 0.2) is 18.2 Å². The van der Waals surface area contributed by atoms with Gasteiger partial charge in [-0.3, -0.25) is 0 Å². The van der Waals surface area contributed by atoms with Gasteiger partial charge in [-0.1, -0.05) is 11.6 Å². The first-order valence-electron chi connectivity index (χ1n) is 6.31. The summed E-state index contributed by atoms with van der Waals surface area (Å²) in [6.07, 6.45) is 3.65. The summed E-state index contributed by atoms with van der Waals surface area (Å²) in [6, 6.07) is 6.59. The third-order valence-corrected chi connectivity index (χ3v) is 5.65. The quantitative estimate of drug-likeness (QED) is 0.550. The van der Waals surface area contributed by atoms with Gasteiger partial charge in [-0.2, -0.15) is 0 Å². The normalized spacial score (nSPS) is 18.2. The van der Waals surface area contributed by atoms with Crippen LogP contribution in [0.5, 0.6) is 0 Å². The maximum atomic E-state index is 5.91. The molecule has 0 aliphatic heterocycles. The number of halogens is 2. The Morgan fingerprint density at radius 3 is 3.11 bits per heavy atom. The number of pyridine rings is 1. The predicted molar refractivity (Wildman–Crippen MR) is 90.3 cm³/mol. The summed E-state index contributed by atoms with van der Waals surface area (Å²) in [6.45, 7) is 2.00. The van der Waals surface area contributed by atoms with Gasteiger partial charge in [0.05, 0.1) is 20.3 Å². The molecule has 100 valence electrons. The van der Waals surface area contributed by atoms with Gasteiger partial charge in [0.2, 0.25) is 0 Å². The molecule has 1 unspecified atom stereocenters. The highest BCUT2D eigenvalue weighted by atomic mass is 127. The van der Waals surface area contributed by atoms with Crippen LogP contribution in [-0.4, -0.2) is 4.98 Å². The van der Waals surface area contributed by atoms with Crippen molar-refractivity contribution in [3.63, 3.8) is 0 Å². The second kappa shape index (κ2) is 5.58. The van der Waals surface area contributed by atoms with E-state index < -0.39 is 0 Å². The molecule has 0 aromatic carbocycles. The number of aryl methyl sites for hydroxylation is 2. The Morgan fingerprint density at radius 1 is 1.47 bits per heavy atom. The van der Waals surface area contributed by atoms with Gasteiger partial charge >= 0.3 is 0 Å². The van der Waals surface area contributed by atoms with Crippen LogP contribution in [0.2, 0.25) is 5.15 Å². The van der Waals surface area contributed by atoms with Crippen LogP contribution < -0.4 is 5.32 Å². The Kier molecular flexibility index (Phi) is 4.01. The molecule has 0 saturated carbocycles. The molecule has 0 amide bonds. The third kappa shape index (κ3) is 2.90. The summed E-state index contributed by atoms with van der Waals surface area (Å²) >= 11 is 10.2. The first-order chi connectivity index (χ1) is 9.13. The van der Waals surface area contributed by atoms with E-state index in [0.717, 1.165) is 11.4 Å². The van der Waals surface area contributed by atoms with Crippen LogP contribution >= 0.6 is 45.5 Å². The van der Waals surface area contributed by atoms with Crippen molar-refractivity contribution in [1.82, 2.24) is 4.98 Å². The monoisotopic (exact) mass is 404 g/mol. The van der Waals surface area contributed by atoms with Gasteiger partial charge in [0, 0.05) is 4.88 Å². The number of aromatic nitrogens is 1. The predicted octanol–water partition coefficient (Wildman–Crippen LogP) is 5.20. The fraction of sp³-hybridized carbons (Fsp3) is 0.357. The van der Waals surface area contributed by atoms with E-state index in [1.54, 1.807) is 0 Å². The Hall–Kier alpha value is -0.330. The van der Waals surface area contributed by atoms with Gasteiger partial charge in [0.15, 0.2) is 0 Å². The maximum Gasteiger partial charge on any atom is 0.129 e. The Morgan fingerprint density at radius 2 is 2.32 bits per heavy atom. The van der Waals surface area contributed by atoms with Crippen molar-refractivity contribution in [3.8, 4) is 0 Å². The van der Waals surface area contributed by atoms with Gasteiger partial charge in [0.25, 0.3) is 0 Å². The van der Waals surface area contributed by atoms with Crippen molar-refractivity contribution in [2.45, 2.75) is 32.2 Å². The minimum absolute atomic E-state index is 0.408. The van der Waals surface area contributed by atoms with E-state index in [4.69, 9.17) is 11.6 Å². The number of rotatable bonds is 2. The molecule has 1 aliphatic rings. The molecule has 2 heterocycles. The minimum Gasteiger partial charge on any atom is -0.377 e. The molecule has 1 N–H and O–H groups in total. The molecule has 0 saturated heterocycles. The standard InChI is InChI=1S/C14H14ClIN2S/c1-8-10(5-6-13(15)17-8)18-11-3-2-4-12-9(11)7-14(16)19-12/h5-7,11,18H,2-4H2,1H3. The molecule has 0 fully saturated rings. The summed E-state index contributed by atoms with van der Waals surface area (Å²) < 4.78 is 1.38. The summed E-state index contributed by atoms with van der Waals surface area (Å²) in [5.74, 6) is 0. The highest BCUT2D eigenvalue weighted by molar-refractivity contribution is 14.1. The lowest BCUT2D eigenvalue weighted by Crippen LogP contribution is -2.16. The number of nitrogens with zero attached hydrogens (tertiary/aromatic N) is 1. The molecule has 5 heteroatoms. The number of anilines is 1. The van der Waals surface area contributed by atoms with Crippen molar-refractivity contribution in [2.75, 3.05) is 5.32 Å². The first-order valence-corrected chi connectivity index (χ1v) is 8.58. The molecular weight excluding hydrogens is 391 g/mol. The van der Waals surface area contributed by atoms with E-state index in [9.17, 15) is 0 Å². The number of nitrogens with one attached hydrogen (secondary N) is 1. The van der Waals surface area contributed by atoms with Crippen LogP contribution in [0.3, 0.4) is 0 Å². The van der Waals surface area contributed by atoms with Crippen molar-refractivity contribution in [1.29, 1.82) is 0 Å². The van der Waals surface area contributed by atoms with Gasteiger partial charge in [0.1, 0.15) is 5.15 Å². The molecule has 0 spiro atoms. The average molecular weight is 405 g/mol. The van der Waals surface area contributed by atoms with Gasteiger partial charge in [-0.15, -0.1) is 11.3 Å². The summed E-state index contributed by atoms with van der Waals surface area (Å²) in [5, 5.41) is 4.18. The molecule has 1 atom stereocenters. The van der Waals surface area contributed by atoms with Gasteiger partial charge in [-0.25, -0.2) is 4.98 Å². The molecule has 0 radical (unpaired) electrons. The fourth-order valence-corrected chi connectivity index (χ4v) is 4.85. The van der Waals surface area contributed by atoms with E-state index in [1.807, 2.05) is 30.4 Å². The van der Waals surface area contributed by atoms with Crippen LogP contribution in [0.4, 0.5) is 5.69 Å². The van der Waals surface area contributed by atoms with Crippen LogP contribution in [0.1, 0.15) is 35.0 Å². The Labute approximate surface area is 135 Å². The SMILES string of the molecule is Cc1nc(Cl)ccc1NC1CCCc2sc(I)cc21. The van der Waals surface area contributed by atoms with Crippen molar-refractivity contribution >= 4 is 51.2 Å². The van der Waals surface area contributed by atoms with Crippen LogP contribution in [0, 0.1) is 9.81 Å². The maximum absolute atomic E-state index is 5.91. The topological polar surface area (TPSA) is 24.9 Å². The molecule has 2 aromatic heterocycles. The average Bonchev–Trinajstić information content (AvgIpc) is 2.74. The van der Waals surface area contributed by atoms with E-state index in [-0.39, 0.29) is 0 Å². The summed E-state index contributed by atoms with van der Waals surface area (Å²) in [5.41, 5.74) is 3.52. The van der Waals surface area contributed by atoms with Crippen molar-refractivity contribution in [3.05, 3.63) is 42.4 Å². The largest absolute Gasteiger partial charge is 0.377 e. The van der Waals surface area contributed by atoms with E-state index in [2.05, 4.69) is 39.0 Å². The van der Waals surface area contributed by atoms with Crippen molar-refractivity contribution in [2.24, 2.45) is 0 Å². The third-order valence-electron chi connectivity index (χ3n) is 3.47. The molecule has 19 heavy (non-hydrogen) atoms. The van der Waals surface area contributed by atoms with Gasteiger partial charge in [-0.05, 0) is 72.5 Å². The summed E-state index contributed by atoms with van der Waals surface area (Å²) in [4.78, 5) is 5.84. The lowest BCUT2D eigenvalue weighted by atomic mass is 9.94. The minimum atomic E-state index is 0.408. The van der Waals surface area contributed by atoms with E-state index in [1.165, 1.54) is 32.6 Å². The van der Waals surface area contributed by atoms with E-state index >= 15 is 0 Å². The summed E-state index contributed by atoms with van der Waals surface area (Å²) in [7, 11) is 0. The zero-order valence-electron chi connectivity index (χ0n) is 10.5. The fourth-order valence-electron chi connectivity index (χ4n) is 2.54. The zero-order valence-corrected chi connectivity index (χ0v) is 14.3. The lowest BCUT2D eigenvalue weighted by Gasteiger charge is -2.25. The second-order valence-corrected chi connectivity index (χ2v) is 8.20. The molecule has 1 aliphatic carbocycles. The highest BCUT2D eigenvalue weighted by Crippen LogP contribution is 2.38. The molecular formula is C14H14ClIN2S. The van der Waals surface area contributed by atoms with E-state index in [0.29, 0.717) is 11.2 Å². The highest BCUT2D eigenvalue weighted by Gasteiger charge is 2.23. The number of hydrogen-bond acceptors (Lipinski definition) is 3. The van der Waals surface area contributed by atoms with Crippen LogP contribution in [0.25, 0.3) is 0 Å². The number of hydrogen-bond donors (Lipinski definition) is 1. The van der Waals surface area contributed by atoms with Gasteiger partial charge < -0.3 is 5.32 Å². The van der Waals surface area contributed by atoms with Crippen LogP contribution in [-0.2, 0) is 6.42 Å². The lowest BCUT2D eigenvalue weighted by molar-refractivity contribution is 0.608. The number of fused-ring (bicyclic) bond motifs is 1. The molecule has 3 rings (SSSR count). The molecule has 2 aromatic rings. The van der Waals surface area contributed by atoms with Crippen molar-refractivity contribution < 1.29 is 0 Å². The zero-order chi connectivity index (χ0) is 13.4. The Bertz CT molecular complexity index is 611.